The number of hydrogen-bond acceptors (Lipinski definition) is 4. The molecule has 1 aromatic heterocycles. The minimum absolute atomic E-state index is 0. The van der Waals surface area contributed by atoms with Crippen LogP contribution in [0.15, 0.2) is 78.9 Å². The summed E-state index contributed by atoms with van der Waals surface area (Å²) in [7, 11) is 0. The van der Waals surface area contributed by atoms with Crippen LogP contribution in [-0.2, 0) is 0 Å². The number of hydrogen-bond donors (Lipinski definition) is 1. The Morgan fingerprint density at radius 2 is 1.57 bits per heavy atom. The molecule has 0 bridgehead atoms. The third kappa shape index (κ3) is 4.55. The van der Waals surface area contributed by atoms with Crippen molar-refractivity contribution in [1.29, 1.82) is 0 Å². The molecule has 4 aromatic rings. The van der Waals surface area contributed by atoms with Crippen molar-refractivity contribution in [3.63, 3.8) is 0 Å². The molecule has 0 aliphatic heterocycles. The zero-order chi connectivity index (χ0) is 20.4. The van der Waals surface area contributed by atoms with Crippen LogP contribution in [0, 0.1) is 0 Å². The first-order chi connectivity index (χ1) is 14.0. The van der Waals surface area contributed by atoms with Gasteiger partial charge < -0.3 is 15.2 Å². The number of amides is 1. The van der Waals surface area contributed by atoms with Gasteiger partial charge in [0, 0.05) is 21.5 Å². The van der Waals surface area contributed by atoms with Gasteiger partial charge in [0.2, 0.25) is 0 Å². The molecule has 3 aromatic carbocycles. The largest absolute Gasteiger partial charge is 1.00 e. The van der Waals surface area contributed by atoms with Crippen molar-refractivity contribution >= 4 is 40.1 Å². The van der Waals surface area contributed by atoms with E-state index in [4.69, 9.17) is 11.6 Å². The second-order valence-electron chi connectivity index (χ2n) is 6.37. The second-order valence-corrected chi connectivity index (χ2v) is 6.81. The van der Waals surface area contributed by atoms with E-state index in [1.165, 1.54) is 18.2 Å². The summed E-state index contributed by atoms with van der Waals surface area (Å²) in [6, 6.07) is 22.7. The van der Waals surface area contributed by atoms with Crippen LogP contribution in [0.25, 0.3) is 22.2 Å². The van der Waals surface area contributed by atoms with E-state index in [2.05, 4.69) is 10.3 Å². The van der Waals surface area contributed by atoms with Gasteiger partial charge in [-0.3, -0.25) is 4.79 Å². The smallest absolute Gasteiger partial charge is 0.545 e. The monoisotopic (exact) mass is 424 g/mol. The number of fused-ring (bicyclic) bond motifs is 1. The molecule has 0 aliphatic rings. The summed E-state index contributed by atoms with van der Waals surface area (Å²) in [5.74, 6) is -1.88. The number of anilines is 1. The summed E-state index contributed by atoms with van der Waals surface area (Å²) in [4.78, 5) is 29.1. The van der Waals surface area contributed by atoms with E-state index >= 15 is 0 Å². The van der Waals surface area contributed by atoms with E-state index in [9.17, 15) is 14.7 Å². The number of rotatable bonds is 4. The summed E-state index contributed by atoms with van der Waals surface area (Å²) in [5, 5.41) is 15.0. The van der Waals surface area contributed by atoms with Crippen molar-refractivity contribution in [2.75, 3.05) is 5.32 Å². The Morgan fingerprint density at radius 3 is 2.30 bits per heavy atom. The molecule has 7 heteroatoms. The van der Waals surface area contributed by atoms with Gasteiger partial charge in [0.25, 0.3) is 5.91 Å². The molecule has 30 heavy (non-hydrogen) atoms. The van der Waals surface area contributed by atoms with Crippen molar-refractivity contribution < 1.29 is 44.3 Å². The Bertz CT molecular complexity index is 1250. The number of pyridine rings is 1. The Labute approximate surface area is 200 Å². The number of carbonyl (C=O) groups excluding carboxylic acids is 2. The summed E-state index contributed by atoms with van der Waals surface area (Å²) < 4.78 is 0. The normalized spacial score (nSPS) is 10.3. The van der Waals surface area contributed by atoms with Crippen LogP contribution in [0.1, 0.15) is 20.7 Å². The maximum absolute atomic E-state index is 13.1. The quantitative estimate of drug-likeness (QED) is 0.499. The van der Waals surface area contributed by atoms with Gasteiger partial charge in [-0.15, -0.1) is 0 Å². The minimum Gasteiger partial charge on any atom is -0.545 e. The van der Waals surface area contributed by atoms with Gasteiger partial charge in [0.15, 0.2) is 0 Å². The number of nitrogens with zero attached hydrogens (tertiary/aromatic N) is 1. The van der Waals surface area contributed by atoms with E-state index in [1.54, 1.807) is 12.1 Å². The number of nitrogens with one attached hydrogen (secondary N) is 1. The van der Waals surface area contributed by atoms with Crippen molar-refractivity contribution in [1.82, 2.24) is 4.98 Å². The molecular weight excluding hydrogens is 411 g/mol. The average molecular weight is 425 g/mol. The molecule has 0 unspecified atom stereocenters. The van der Waals surface area contributed by atoms with E-state index in [0.717, 1.165) is 5.56 Å². The Hall–Kier alpha value is -2.70. The first-order valence-corrected chi connectivity index (χ1v) is 9.18. The molecule has 0 spiro atoms. The van der Waals surface area contributed by atoms with Gasteiger partial charge in [-0.25, -0.2) is 4.98 Å². The number of carbonyl (C=O) groups is 2. The fourth-order valence-corrected chi connectivity index (χ4v) is 3.28. The third-order valence-electron chi connectivity index (χ3n) is 4.48. The minimum atomic E-state index is -1.42. The number of halogens is 1. The fraction of sp³-hybridized carbons (Fsp3) is 0. The summed E-state index contributed by atoms with van der Waals surface area (Å²) >= 11 is 5.87. The standard InChI is InChI=1S/C23H15ClN2O3.Na/c24-15-10-11-20(18(12-15)23(28)29)26-22(27)17-13-21(14-6-2-1-3-7-14)25-19-9-5-4-8-16(17)19;/h1-13H,(H,26,27)(H,28,29);/q;+1/p-1. The van der Waals surface area contributed by atoms with E-state index in [1.807, 2.05) is 48.5 Å². The SMILES string of the molecule is O=C([O-])c1cc(Cl)ccc1NC(=O)c1cc(-c2ccccc2)nc2ccccc12.[Na+]. The summed E-state index contributed by atoms with van der Waals surface area (Å²) in [6.07, 6.45) is 0. The van der Waals surface area contributed by atoms with Crippen LogP contribution < -0.4 is 40.0 Å². The maximum atomic E-state index is 13.1. The maximum Gasteiger partial charge on any atom is 1.00 e. The van der Waals surface area contributed by atoms with Gasteiger partial charge in [0.1, 0.15) is 0 Å². The van der Waals surface area contributed by atoms with Crippen LogP contribution in [0.4, 0.5) is 5.69 Å². The van der Waals surface area contributed by atoms with E-state index < -0.39 is 11.9 Å². The van der Waals surface area contributed by atoms with Crippen molar-refractivity contribution in [3.05, 3.63) is 95.0 Å². The molecule has 1 amide bonds. The van der Waals surface area contributed by atoms with Crippen LogP contribution in [0.3, 0.4) is 0 Å². The van der Waals surface area contributed by atoms with Crippen LogP contribution >= 0.6 is 11.6 Å². The van der Waals surface area contributed by atoms with Gasteiger partial charge in [-0.2, -0.15) is 0 Å². The molecule has 4 rings (SSSR count). The van der Waals surface area contributed by atoms with Crippen LogP contribution in [0.5, 0.6) is 0 Å². The van der Waals surface area contributed by atoms with E-state index in [-0.39, 0.29) is 45.8 Å². The Kier molecular flexibility index (Phi) is 6.90. The second kappa shape index (κ2) is 9.41. The molecule has 0 aliphatic carbocycles. The predicted molar refractivity (Wildman–Crippen MR) is 111 cm³/mol. The zero-order valence-corrected chi connectivity index (χ0v) is 18.8. The summed E-state index contributed by atoms with van der Waals surface area (Å²) in [5.41, 5.74) is 2.48. The molecule has 0 saturated carbocycles. The molecular formula is C23H14ClN2NaO3. The number of aromatic carboxylic acids is 1. The van der Waals surface area contributed by atoms with Crippen LogP contribution in [0.2, 0.25) is 5.02 Å². The Morgan fingerprint density at radius 1 is 0.867 bits per heavy atom. The van der Waals surface area contributed by atoms with Gasteiger partial charge >= 0.3 is 29.6 Å². The molecule has 0 saturated heterocycles. The Balaban J connectivity index is 0.00000256. The van der Waals surface area contributed by atoms with E-state index in [0.29, 0.717) is 22.2 Å². The first-order valence-electron chi connectivity index (χ1n) is 8.80. The molecule has 1 heterocycles. The third-order valence-corrected chi connectivity index (χ3v) is 4.72. The molecule has 0 fully saturated rings. The number of carboxylic acids is 1. The fourth-order valence-electron chi connectivity index (χ4n) is 3.10. The molecule has 1 N–H and O–H groups in total. The molecule has 5 nitrogen and oxygen atoms in total. The number of carboxylic acid groups (broad SMARTS) is 1. The molecule has 142 valence electrons. The van der Waals surface area contributed by atoms with Crippen LogP contribution in [-0.4, -0.2) is 16.9 Å². The zero-order valence-electron chi connectivity index (χ0n) is 16.1. The average Bonchev–Trinajstić information content (AvgIpc) is 2.74. The topological polar surface area (TPSA) is 82.1 Å². The van der Waals surface area contributed by atoms with Gasteiger partial charge in [-0.1, -0.05) is 60.1 Å². The number of benzene rings is 3. The first kappa shape index (κ1) is 22.0. The van der Waals surface area contributed by atoms with Gasteiger partial charge in [-0.05, 0) is 30.3 Å². The number of aromatic nitrogens is 1. The van der Waals surface area contributed by atoms with Crippen molar-refractivity contribution in [2.24, 2.45) is 0 Å². The summed E-state index contributed by atoms with van der Waals surface area (Å²) in [6.45, 7) is 0. The van der Waals surface area contributed by atoms with Gasteiger partial charge in [0.05, 0.1) is 28.4 Å². The number of para-hydroxylation sites is 1. The molecule has 0 radical (unpaired) electrons. The van der Waals surface area contributed by atoms with Crippen molar-refractivity contribution in [3.8, 4) is 11.3 Å². The van der Waals surface area contributed by atoms with Crippen molar-refractivity contribution in [2.45, 2.75) is 0 Å². The molecule has 0 atom stereocenters. The predicted octanol–water partition coefficient (Wildman–Crippen LogP) is 1.17.